The molecule has 1 aromatic rings. The van der Waals surface area contributed by atoms with Crippen molar-refractivity contribution in [1.29, 1.82) is 0 Å². The normalized spacial score (nSPS) is 12.9. The smallest absolute Gasteiger partial charge is 0.0417 e. The first kappa shape index (κ1) is 12.0. The van der Waals surface area contributed by atoms with Crippen LogP contribution in [0.15, 0.2) is 22.7 Å². The summed E-state index contributed by atoms with van der Waals surface area (Å²) in [5.74, 6) is 0. The van der Waals surface area contributed by atoms with Crippen LogP contribution in [-0.2, 0) is 6.54 Å². The van der Waals surface area contributed by atoms with E-state index in [1.165, 1.54) is 5.56 Å². The second kappa shape index (κ2) is 5.71. The lowest BCUT2D eigenvalue weighted by atomic mass is 10.2. The summed E-state index contributed by atoms with van der Waals surface area (Å²) in [5, 5.41) is 4.05. The molecule has 0 bridgehead atoms. The minimum absolute atomic E-state index is 0.331. The van der Waals surface area contributed by atoms with E-state index in [9.17, 15) is 0 Å². The Kier molecular flexibility index (Phi) is 4.89. The second-order valence-corrected chi connectivity index (χ2v) is 4.54. The zero-order valence-corrected chi connectivity index (χ0v) is 10.4. The third kappa shape index (κ3) is 3.58. The summed E-state index contributed by atoms with van der Waals surface area (Å²) >= 11 is 9.30. The molecule has 78 valence electrons. The van der Waals surface area contributed by atoms with Crippen molar-refractivity contribution in [3.05, 3.63) is 33.3 Å². The molecular formula is C10H14BrClN2. The molecule has 0 saturated carbocycles. The van der Waals surface area contributed by atoms with E-state index in [1.54, 1.807) is 0 Å². The molecule has 0 heterocycles. The molecule has 14 heavy (non-hydrogen) atoms. The van der Waals surface area contributed by atoms with Gasteiger partial charge in [0.1, 0.15) is 0 Å². The Hall–Kier alpha value is -0.0900. The predicted octanol–water partition coefficient (Wildman–Crippen LogP) is 2.54. The van der Waals surface area contributed by atoms with Gasteiger partial charge in [0.25, 0.3) is 0 Å². The van der Waals surface area contributed by atoms with Crippen LogP contribution in [-0.4, -0.2) is 12.6 Å². The van der Waals surface area contributed by atoms with Gasteiger partial charge in [-0.05, 0) is 24.6 Å². The monoisotopic (exact) mass is 276 g/mol. The number of benzene rings is 1. The van der Waals surface area contributed by atoms with E-state index in [0.29, 0.717) is 12.6 Å². The first-order valence-electron chi connectivity index (χ1n) is 4.51. The van der Waals surface area contributed by atoms with E-state index in [2.05, 4.69) is 28.2 Å². The van der Waals surface area contributed by atoms with Gasteiger partial charge in [-0.15, -0.1) is 0 Å². The van der Waals surface area contributed by atoms with Crippen molar-refractivity contribution in [3.63, 3.8) is 0 Å². The molecule has 0 aliphatic rings. The number of nitrogens with two attached hydrogens (primary N) is 1. The van der Waals surface area contributed by atoms with E-state index in [-0.39, 0.29) is 0 Å². The molecule has 0 fully saturated rings. The third-order valence-corrected chi connectivity index (χ3v) is 2.98. The molecule has 1 rings (SSSR count). The van der Waals surface area contributed by atoms with Crippen LogP contribution < -0.4 is 11.1 Å². The highest BCUT2D eigenvalue weighted by Crippen LogP contribution is 2.21. The van der Waals surface area contributed by atoms with Crippen molar-refractivity contribution >= 4 is 27.5 Å². The number of nitrogens with one attached hydrogen (secondary N) is 1. The molecule has 0 radical (unpaired) electrons. The van der Waals surface area contributed by atoms with Crippen LogP contribution >= 0.6 is 27.5 Å². The fraction of sp³-hybridized carbons (Fsp3) is 0.400. The minimum atomic E-state index is 0.331. The minimum Gasteiger partial charge on any atom is -0.329 e. The zero-order valence-electron chi connectivity index (χ0n) is 8.06. The molecular weight excluding hydrogens is 263 g/mol. The van der Waals surface area contributed by atoms with Gasteiger partial charge >= 0.3 is 0 Å². The first-order valence-corrected chi connectivity index (χ1v) is 5.68. The van der Waals surface area contributed by atoms with Crippen molar-refractivity contribution in [2.24, 2.45) is 5.73 Å². The summed E-state index contributed by atoms with van der Waals surface area (Å²) < 4.78 is 1.03. The Morgan fingerprint density at radius 1 is 1.57 bits per heavy atom. The third-order valence-electron chi connectivity index (χ3n) is 2.01. The van der Waals surface area contributed by atoms with Crippen LogP contribution in [0.5, 0.6) is 0 Å². The maximum atomic E-state index is 5.84. The fourth-order valence-electron chi connectivity index (χ4n) is 1.03. The highest BCUT2D eigenvalue weighted by atomic mass is 79.9. The van der Waals surface area contributed by atoms with Gasteiger partial charge in [0.05, 0.1) is 0 Å². The molecule has 3 N–H and O–H groups in total. The van der Waals surface area contributed by atoms with Crippen LogP contribution in [0.25, 0.3) is 0 Å². The Balaban J connectivity index is 2.59. The van der Waals surface area contributed by atoms with Gasteiger partial charge < -0.3 is 11.1 Å². The molecule has 0 aliphatic carbocycles. The maximum Gasteiger partial charge on any atom is 0.0417 e. The lowest BCUT2D eigenvalue weighted by Crippen LogP contribution is -2.32. The highest BCUT2D eigenvalue weighted by Gasteiger charge is 2.02. The number of hydrogen-bond acceptors (Lipinski definition) is 2. The second-order valence-electron chi connectivity index (χ2n) is 3.25. The number of hydrogen-bond donors (Lipinski definition) is 2. The summed E-state index contributed by atoms with van der Waals surface area (Å²) in [6.45, 7) is 3.51. The Morgan fingerprint density at radius 3 is 2.86 bits per heavy atom. The van der Waals surface area contributed by atoms with Gasteiger partial charge in [-0.2, -0.15) is 0 Å². The van der Waals surface area contributed by atoms with Crippen LogP contribution in [0.1, 0.15) is 12.5 Å². The van der Waals surface area contributed by atoms with Crippen LogP contribution in [0.4, 0.5) is 0 Å². The van der Waals surface area contributed by atoms with Gasteiger partial charge in [-0.25, -0.2) is 0 Å². The lowest BCUT2D eigenvalue weighted by molar-refractivity contribution is 0.555. The van der Waals surface area contributed by atoms with Crippen LogP contribution in [0.3, 0.4) is 0 Å². The molecule has 2 nitrogen and oxygen atoms in total. The summed E-state index contributed by atoms with van der Waals surface area (Å²) in [4.78, 5) is 0. The molecule has 0 saturated heterocycles. The van der Waals surface area contributed by atoms with Crippen molar-refractivity contribution in [2.75, 3.05) is 6.54 Å². The summed E-state index contributed by atoms with van der Waals surface area (Å²) in [7, 11) is 0. The number of rotatable bonds is 4. The van der Waals surface area contributed by atoms with Gasteiger partial charge in [-0.3, -0.25) is 0 Å². The Morgan fingerprint density at radius 2 is 2.29 bits per heavy atom. The molecule has 0 aliphatic heterocycles. The van der Waals surface area contributed by atoms with Gasteiger partial charge in [-0.1, -0.05) is 33.6 Å². The van der Waals surface area contributed by atoms with Crippen LogP contribution in [0, 0.1) is 0 Å². The van der Waals surface area contributed by atoms with Gasteiger partial charge in [0, 0.05) is 28.6 Å². The fourth-order valence-corrected chi connectivity index (χ4v) is 1.86. The first-order chi connectivity index (χ1) is 6.63. The number of halogens is 2. The van der Waals surface area contributed by atoms with Crippen molar-refractivity contribution in [1.82, 2.24) is 5.32 Å². The molecule has 0 amide bonds. The molecule has 0 unspecified atom stereocenters. The average Bonchev–Trinajstić information content (AvgIpc) is 2.16. The average molecular weight is 278 g/mol. The quantitative estimate of drug-likeness (QED) is 0.887. The zero-order chi connectivity index (χ0) is 10.6. The van der Waals surface area contributed by atoms with E-state index in [0.717, 1.165) is 16.0 Å². The van der Waals surface area contributed by atoms with Crippen LogP contribution in [0.2, 0.25) is 5.02 Å². The van der Waals surface area contributed by atoms with Gasteiger partial charge in [0.2, 0.25) is 0 Å². The molecule has 1 aromatic carbocycles. The Bertz CT molecular complexity index is 304. The van der Waals surface area contributed by atoms with Crippen molar-refractivity contribution in [3.8, 4) is 0 Å². The Labute approximate surface area is 98.0 Å². The van der Waals surface area contributed by atoms with Crippen molar-refractivity contribution in [2.45, 2.75) is 19.5 Å². The lowest BCUT2D eigenvalue weighted by Gasteiger charge is -2.12. The highest BCUT2D eigenvalue weighted by molar-refractivity contribution is 9.10. The SMILES string of the molecule is C[C@@H](CN)NCc1ccc(Cl)cc1Br. The summed E-state index contributed by atoms with van der Waals surface area (Å²) in [6, 6.07) is 6.11. The summed E-state index contributed by atoms with van der Waals surface area (Å²) in [6.07, 6.45) is 0. The van der Waals surface area contributed by atoms with Crippen molar-refractivity contribution < 1.29 is 0 Å². The summed E-state index contributed by atoms with van der Waals surface area (Å²) in [5.41, 5.74) is 6.69. The maximum absolute atomic E-state index is 5.84. The molecule has 0 aromatic heterocycles. The van der Waals surface area contributed by atoms with Gasteiger partial charge in [0.15, 0.2) is 0 Å². The molecule has 0 spiro atoms. The molecule has 4 heteroatoms. The van der Waals surface area contributed by atoms with E-state index in [4.69, 9.17) is 17.3 Å². The largest absolute Gasteiger partial charge is 0.329 e. The van der Waals surface area contributed by atoms with E-state index in [1.807, 2.05) is 18.2 Å². The van der Waals surface area contributed by atoms with E-state index >= 15 is 0 Å². The predicted molar refractivity (Wildman–Crippen MR) is 64.5 cm³/mol. The standard InChI is InChI=1S/C10H14BrClN2/c1-7(5-13)14-6-8-2-3-9(12)4-10(8)11/h2-4,7,14H,5-6,13H2,1H3/t7-/m0/s1. The van der Waals surface area contributed by atoms with E-state index < -0.39 is 0 Å². The molecule has 1 atom stereocenters. The topological polar surface area (TPSA) is 38.0 Å².